The minimum absolute atomic E-state index is 0.302. The van der Waals surface area contributed by atoms with Gasteiger partial charge < -0.3 is 5.32 Å². The van der Waals surface area contributed by atoms with E-state index < -0.39 is 16.1 Å². The second-order valence-corrected chi connectivity index (χ2v) is 10.4. The zero-order chi connectivity index (χ0) is 20.3. The number of rotatable bonds is 6. The Labute approximate surface area is 171 Å². The number of hydrogen-bond donors (Lipinski definition) is 1. The Hall–Kier alpha value is -1.77. The standard InChI is InChI=1S/C20H27N3O3S2/c1-4-7-15-9-11-16(12-10-15)18-14(2)27-20(21-18)22-19(24)17-8-5-6-13-23(17)28(3,25)26/h9-12,17H,4-8,13H2,1-3H3,(H,21,22,24)/t17-/m1/s1. The fourth-order valence-corrected chi connectivity index (χ4v) is 5.55. The number of benzene rings is 1. The van der Waals surface area contributed by atoms with Gasteiger partial charge in [0.15, 0.2) is 5.13 Å². The van der Waals surface area contributed by atoms with Gasteiger partial charge in [-0.15, -0.1) is 11.3 Å². The van der Waals surface area contributed by atoms with E-state index in [2.05, 4.69) is 41.5 Å². The third-order valence-corrected chi connectivity index (χ3v) is 7.15. The molecule has 0 saturated carbocycles. The topological polar surface area (TPSA) is 79.4 Å². The van der Waals surface area contributed by atoms with Gasteiger partial charge in [-0.3, -0.25) is 4.79 Å². The molecule has 28 heavy (non-hydrogen) atoms. The summed E-state index contributed by atoms with van der Waals surface area (Å²) in [5.74, 6) is -0.302. The minimum atomic E-state index is -3.41. The summed E-state index contributed by atoms with van der Waals surface area (Å²) in [7, 11) is -3.41. The van der Waals surface area contributed by atoms with Crippen LogP contribution in [0, 0.1) is 6.92 Å². The van der Waals surface area contributed by atoms with Crippen LogP contribution in [0.3, 0.4) is 0 Å². The maximum absolute atomic E-state index is 12.7. The number of aromatic nitrogens is 1. The predicted octanol–water partition coefficient (Wildman–Crippen LogP) is 3.82. The lowest BCUT2D eigenvalue weighted by Gasteiger charge is -2.32. The lowest BCUT2D eigenvalue weighted by molar-refractivity contribution is -0.120. The monoisotopic (exact) mass is 421 g/mol. The molecular formula is C20H27N3O3S2. The molecular weight excluding hydrogens is 394 g/mol. The van der Waals surface area contributed by atoms with Crippen molar-refractivity contribution in [2.24, 2.45) is 0 Å². The molecule has 1 aliphatic heterocycles. The van der Waals surface area contributed by atoms with Crippen LogP contribution in [0.1, 0.15) is 43.0 Å². The molecule has 1 saturated heterocycles. The Balaban J connectivity index is 1.76. The molecule has 152 valence electrons. The average molecular weight is 422 g/mol. The maximum atomic E-state index is 12.7. The first-order valence-electron chi connectivity index (χ1n) is 9.64. The van der Waals surface area contributed by atoms with E-state index in [0.717, 1.165) is 48.1 Å². The van der Waals surface area contributed by atoms with E-state index in [4.69, 9.17) is 0 Å². The van der Waals surface area contributed by atoms with E-state index in [1.807, 2.05) is 6.92 Å². The number of nitrogens with zero attached hydrogens (tertiary/aromatic N) is 2. The molecule has 1 N–H and O–H groups in total. The molecule has 0 unspecified atom stereocenters. The number of thiazole rings is 1. The van der Waals surface area contributed by atoms with Crippen molar-refractivity contribution in [1.82, 2.24) is 9.29 Å². The van der Waals surface area contributed by atoms with Gasteiger partial charge in [-0.2, -0.15) is 4.31 Å². The summed E-state index contributed by atoms with van der Waals surface area (Å²) >= 11 is 1.41. The van der Waals surface area contributed by atoms with E-state index in [1.165, 1.54) is 21.2 Å². The van der Waals surface area contributed by atoms with E-state index in [9.17, 15) is 13.2 Å². The van der Waals surface area contributed by atoms with Gasteiger partial charge in [-0.25, -0.2) is 13.4 Å². The number of hydrogen-bond acceptors (Lipinski definition) is 5. The van der Waals surface area contributed by atoms with Gasteiger partial charge in [0.1, 0.15) is 6.04 Å². The van der Waals surface area contributed by atoms with Gasteiger partial charge >= 0.3 is 0 Å². The Morgan fingerprint density at radius 3 is 2.64 bits per heavy atom. The van der Waals surface area contributed by atoms with Crippen molar-refractivity contribution in [2.75, 3.05) is 18.1 Å². The average Bonchev–Trinajstić information content (AvgIpc) is 3.02. The van der Waals surface area contributed by atoms with Gasteiger partial charge in [-0.1, -0.05) is 44.0 Å². The van der Waals surface area contributed by atoms with Gasteiger partial charge in [0, 0.05) is 17.0 Å². The fraction of sp³-hybridized carbons (Fsp3) is 0.500. The highest BCUT2D eigenvalue weighted by molar-refractivity contribution is 7.88. The number of aryl methyl sites for hydroxylation is 2. The van der Waals surface area contributed by atoms with Crippen LogP contribution in [-0.4, -0.2) is 42.5 Å². The second-order valence-electron chi connectivity index (χ2n) is 7.25. The van der Waals surface area contributed by atoms with Gasteiger partial charge in [-0.05, 0) is 31.7 Å². The Bertz CT molecular complexity index is 936. The normalized spacial score (nSPS) is 18.2. The van der Waals surface area contributed by atoms with Crippen molar-refractivity contribution in [3.8, 4) is 11.3 Å². The highest BCUT2D eigenvalue weighted by Crippen LogP contribution is 2.31. The van der Waals surface area contributed by atoms with Crippen molar-refractivity contribution in [3.05, 3.63) is 34.7 Å². The molecule has 0 bridgehead atoms. The van der Waals surface area contributed by atoms with Crippen molar-refractivity contribution < 1.29 is 13.2 Å². The lowest BCUT2D eigenvalue weighted by Crippen LogP contribution is -2.49. The zero-order valence-electron chi connectivity index (χ0n) is 16.6. The number of sulfonamides is 1. The third kappa shape index (κ3) is 4.79. The number of carbonyl (C=O) groups is 1. The van der Waals surface area contributed by atoms with Crippen molar-refractivity contribution in [2.45, 2.75) is 52.0 Å². The van der Waals surface area contributed by atoms with Crippen LogP contribution in [0.15, 0.2) is 24.3 Å². The van der Waals surface area contributed by atoms with E-state index >= 15 is 0 Å². The first-order chi connectivity index (χ1) is 13.3. The van der Waals surface area contributed by atoms with Crippen molar-refractivity contribution in [3.63, 3.8) is 0 Å². The van der Waals surface area contributed by atoms with Crippen LogP contribution in [0.2, 0.25) is 0 Å². The molecule has 1 aromatic carbocycles. The zero-order valence-corrected chi connectivity index (χ0v) is 18.2. The molecule has 1 atom stereocenters. The van der Waals surface area contributed by atoms with Crippen molar-refractivity contribution in [1.29, 1.82) is 0 Å². The van der Waals surface area contributed by atoms with Crippen LogP contribution in [0.25, 0.3) is 11.3 Å². The van der Waals surface area contributed by atoms with Crippen LogP contribution < -0.4 is 5.32 Å². The molecule has 8 heteroatoms. The summed E-state index contributed by atoms with van der Waals surface area (Å²) in [6, 6.07) is 7.69. The molecule has 0 radical (unpaired) electrons. The second kappa shape index (κ2) is 8.71. The number of amides is 1. The molecule has 2 aromatic rings. The summed E-state index contributed by atoms with van der Waals surface area (Å²) < 4.78 is 25.3. The summed E-state index contributed by atoms with van der Waals surface area (Å²) in [5.41, 5.74) is 3.17. The lowest BCUT2D eigenvalue weighted by atomic mass is 10.0. The first-order valence-corrected chi connectivity index (χ1v) is 12.3. The molecule has 0 aliphatic carbocycles. The summed E-state index contributed by atoms with van der Waals surface area (Å²) in [4.78, 5) is 18.4. The van der Waals surface area contributed by atoms with Crippen LogP contribution in [-0.2, 0) is 21.2 Å². The smallest absolute Gasteiger partial charge is 0.244 e. The number of carbonyl (C=O) groups excluding carboxylic acids is 1. The van der Waals surface area contributed by atoms with Gasteiger partial charge in [0.25, 0.3) is 0 Å². The molecule has 2 heterocycles. The quantitative estimate of drug-likeness (QED) is 0.769. The fourth-order valence-electron chi connectivity index (χ4n) is 3.59. The number of piperidine rings is 1. The molecule has 6 nitrogen and oxygen atoms in total. The number of anilines is 1. The Morgan fingerprint density at radius 1 is 1.29 bits per heavy atom. The van der Waals surface area contributed by atoms with Crippen LogP contribution in [0.5, 0.6) is 0 Å². The summed E-state index contributed by atoms with van der Waals surface area (Å²) in [6.45, 7) is 4.53. The Kier molecular flexibility index (Phi) is 6.52. The van der Waals surface area contributed by atoms with Gasteiger partial charge in [0.2, 0.25) is 15.9 Å². The third-order valence-electron chi connectivity index (χ3n) is 4.98. The van der Waals surface area contributed by atoms with E-state index in [1.54, 1.807) is 0 Å². The van der Waals surface area contributed by atoms with Crippen LogP contribution in [0.4, 0.5) is 5.13 Å². The van der Waals surface area contributed by atoms with E-state index in [0.29, 0.717) is 18.1 Å². The molecule has 1 aromatic heterocycles. The molecule has 3 rings (SSSR count). The SMILES string of the molecule is CCCc1ccc(-c2nc(NC(=O)[C@H]3CCCCN3S(C)(=O)=O)sc2C)cc1. The van der Waals surface area contributed by atoms with Crippen LogP contribution >= 0.6 is 11.3 Å². The minimum Gasteiger partial charge on any atom is -0.301 e. The largest absolute Gasteiger partial charge is 0.301 e. The maximum Gasteiger partial charge on any atom is 0.244 e. The summed E-state index contributed by atoms with van der Waals surface area (Å²) in [6.07, 6.45) is 5.48. The predicted molar refractivity (Wildman–Crippen MR) is 114 cm³/mol. The molecule has 1 fully saturated rings. The van der Waals surface area contributed by atoms with Gasteiger partial charge in [0.05, 0.1) is 11.9 Å². The first kappa shape index (κ1) is 21.0. The number of nitrogens with one attached hydrogen (secondary N) is 1. The van der Waals surface area contributed by atoms with E-state index in [-0.39, 0.29) is 5.91 Å². The molecule has 1 aliphatic rings. The molecule has 1 amide bonds. The molecule has 0 spiro atoms. The van der Waals surface area contributed by atoms with Crippen molar-refractivity contribution >= 4 is 32.4 Å². The highest BCUT2D eigenvalue weighted by Gasteiger charge is 2.34. The Morgan fingerprint density at radius 2 is 2.00 bits per heavy atom. The summed E-state index contributed by atoms with van der Waals surface area (Å²) in [5, 5.41) is 3.35. The highest BCUT2D eigenvalue weighted by atomic mass is 32.2.